The standard InChI is InChI=1S/C12H14F2N4O/c1-18(2)6-10(15)11-16-12(19-17-11)7-3-8(13)5-9(14)4-7/h3-5,10H,6,15H2,1-2H3. The van der Waals surface area contributed by atoms with Gasteiger partial charge in [-0.2, -0.15) is 4.98 Å². The summed E-state index contributed by atoms with van der Waals surface area (Å²) in [5.74, 6) is -1.06. The Balaban J connectivity index is 2.25. The van der Waals surface area contributed by atoms with Gasteiger partial charge in [0.05, 0.1) is 6.04 Å². The van der Waals surface area contributed by atoms with Crippen LogP contribution in [0.25, 0.3) is 11.5 Å². The maximum absolute atomic E-state index is 13.1. The lowest BCUT2D eigenvalue weighted by molar-refractivity contribution is 0.357. The Bertz CT molecular complexity index is 550. The van der Waals surface area contributed by atoms with Gasteiger partial charge in [0.1, 0.15) is 11.6 Å². The Morgan fingerprint density at radius 2 is 1.89 bits per heavy atom. The largest absolute Gasteiger partial charge is 0.334 e. The maximum atomic E-state index is 13.1. The Kier molecular flexibility index (Phi) is 3.87. The molecule has 7 heteroatoms. The third kappa shape index (κ3) is 3.33. The zero-order chi connectivity index (χ0) is 14.0. The molecule has 5 nitrogen and oxygen atoms in total. The van der Waals surface area contributed by atoms with Crippen molar-refractivity contribution in [3.05, 3.63) is 35.7 Å². The first-order valence-electron chi connectivity index (χ1n) is 5.66. The van der Waals surface area contributed by atoms with Gasteiger partial charge >= 0.3 is 0 Å². The second-order valence-corrected chi connectivity index (χ2v) is 4.48. The van der Waals surface area contributed by atoms with E-state index >= 15 is 0 Å². The number of nitrogens with two attached hydrogens (primary N) is 1. The molecule has 0 fully saturated rings. The molecule has 2 N–H and O–H groups in total. The van der Waals surface area contributed by atoms with E-state index in [1.54, 1.807) is 0 Å². The summed E-state index contributed by atoms with van der Waals surface area (Å²) in [7, 11) is 3.73. The van der Waals surface area contributed by atoms with E-state index in [1.807, 2.05) is 19.0 Å². The molecule has 19 heavy (non-hydrogen) atoms. The van der Waals surface area contributed by atoms with Gasteiger partial charge in [-0.25, -0.2) is 8.78 Å². The third-order valence-electron chi connectivity index (χ3n) is 2.44. The van der Waals surface area contributed by atoms with E-state index in [9.17, 15) is 8.78 Å². The maximum Gasteiger partial charge on any atom is 0.258 e. The molecule has 2 rings (SSSR count). The van der Waals surface area contributed by atoms with Crippen molar-refractivity contribution in [2.24, 2.45) is 5.73 Å². The minimum absolute atomic E-state index is 0.0441. The Morgan fingerprint density at radius 1 is 1.26 bits per heavy atom. The highest BCUT2D eigenvalue weighted by atomic mass is 19.1. The molecule has 1 heterocycles. The van der Waals surface area contributed by atoms with Gasteiger partial charge in [-0.1, -0.05) is 5.16 Å². The summed E-state index contributed by atoms with van der Waals surface area (Å²) in [6.07, 6.45) is 0. The highest BCUT2D eigenvalue weighted by molar-refractivity contribution is 5.52. The average molecular weight is 268 g/mol. The van der Waals surface area contributed by atoms with Crippen LogP contribution in [0.4, 0.5) is 8.78 Å². The van der Waals surface area contributed by atoms with E-state index in [2.05, 4.69) is 10.1 Å². The molecule has 0 saturated heterocycles. The van der Waals surface area contributed by atoms with E-state index in [0.29, 0.717) is 12.4 Å². The normalized spacial score (nSPS) is 12.9. The van der Waals surface area contributed by atoms with Crippen molar-refractivity contribution >= 4 is 0 Å². The molecule has 0 spiro atoms. The number of nitrogens with zero attached hydrogens (tertiary/aromatic N) is 3. The number of rotatable bonds is 4. The van der Waals surface area contributed by atoms with E-state index in [4.69, 9.17) is 10.3 Å². The molecule has 0 saturated carbocycles. The van der Waals surface area contributed by atoms with Gasteiger partial charge in [0.2, 0.25) is 0 Å². The summed E-state index contributed by atoms with van der Waals surface area (Å²) in [5.41, 5.74) is 6.06. The molecule has 0 radical (unpaired) electrons. The summed E-state index contributed by atoms with van der Waals surface area (Å²) in [4.78, 5) is 5.93. The van der Waals surface area contributed by atoms with Crippen LogP contribution in [0.15, 0.2) is 22.7 Å². The second-order valence-electron chi connectivity index (χ2n) is 4.48. The first kappa shape index (κ1) is 13.6. The van der Waals surface area contributed by atoms with Crippen LogP contribution in [0.1, 0.15) is 11.9 Å². The molecule has 0 amide bonds. The van der Waals surface area contributed by atoms with E-state index in [1.165, 1.54) is 0 Å². The summed E-state index contributed by atoms with van der Waals surface area (Å²) in [6, 6.07) is 2.60. The zero-order valence-corrected chi connectivity index (χ0v) is 10.6. The van der Waals surface area contributed by atoms with Gasteiger partial charge < -0.3 is 15.2 Å². The van der Waals surface area contributed by atoms with Gasteiger partial charge in [0, 0.05) is 18.2 Å². The minimum atomic E-state index is -0.702. The van der Waals surface area contributed by atoms with Gasteiger partial charge in [0.25, 0.3) is 5.89 Å². The molecule has 0 bridgehead atoms. The Labute approximate surface area is 109 Å². The fourth-order valence-electron chi connectivity index (χ4n) is 1.66. The molecule has 0 aliphatic rings. The molecular weight excluding hydrogens is 254 g/mol. The van der Waals surface area contributed by atoms with Crippen LogP contribution in [0, 0.1) is 11.6 Å². The number of aromatic nitrogens is 2. The molecule has 1 aromatic heterocycles. The number of hydrogen-bond donors (Lipinski definition) is 1. The highest BCUT2D eigenvalue weighted by Gasteiger charge is 2.16. The summed E-state index contributed by atoms with van der Waals surface area (Å²) >= 11 is 0. The van der Waals surface area contributed by atoms with Crippen molar-refractivity contribution in [2.75, 3.05) is 20.6 Å². The molecule has 0 aliphatic heterocycles. The van der Waals surface area contributed by atoms with Crippen LogP contribution < -0.4 is 5.73 Å². The van der Waals surface area contributed by atoms with Gasteiger partial charge in [0.15, 0.2) is 5.82 Å². The number of halogens is 2. The second kappa shape index (κ2) is 5.41. The lowest BCUT2D eigenvalue weighted by atomic mass is 10.2. The smallest absolute Gasteiger partial charge is 0.258 e. The predicted molar refractivity (Wildman–Crippen MR) is 65.1 cm³/mol. The van der Waals surface area contributed by atoms with Crippen molar-refractivity contribution in [1.82, 2.24) is 15.0 Å². The monoisotopic (exact) mass is 268 g/mol. The first-order chi connectivity index (χ1) is 8.95. The van der Waals surface area contributed by atoms with Crippen molar-refractivity contribution in [3.63, 3.8) is 0 Å². The van der Waals surface area contributed by atoms with Crippen molar-refractivity contribution in [3.8, 4) is 11.5 Å². The number of hydrogen-bond acceptors (Lipinski definition) is 5. The molecular formula is C12H14F2N4O. The fraction of sp³-hybridized carbons (Fsp3) is 0.333. The Hall–Kier alpha value is -1.86. The van der Waals surface area contributed by atoms with Crippen molar-refractivity contribution in [2.45, 2.75) is 6.04 Å². The van der Waals surface area contributed by atoms with Crippen molar-refractivity contribution in [1.29, 1.82) is 0 Å². The molecule has 1 unspecified atom stereocenters. The van der Waals surface area contributed by atoms with Crippen LogP contribution in [0.5, 0.6) is 0 Å². The van der Waals surface area contributed by atoms with E-state index in [0.717, 1.165) is 18.2 Å². The van der Waals surface area contributed by atoms with Gasteiger partial charge in [-0.15, -0.1) is 0 Å². The van der Waals surface area contributed by atoms with Crippen molar-refractivity contribution < 1.29 is 13.3 Å². The SMILES string of the molecule is CN(C)CC(N)c1noc(-c2cc(F)cc(F)c2)n1. The Morgan fingerprint density at radius 3 is 2.47 bits per heavy atom. The highest BCUT2D eigenvalue weighted by Crippen LogP contribution is 2.21. The summed E-state index contributed by atoms with van der Waals surface area (Å²) in [5, 5.41) is 3.72. The zero-order valence-electron chi connectivity index (χ0n) is 10.6. The first-order valence-corrected chi connectivity index (χ1v) is 5.66. The van der Waals surface area contributed by atoms with Crippen LogP contribution in [-0.4, -0.2) is 35.7 Å². The van der Waals surface area contributed by atoms with E-state index in [-0.39, 0.29) is 11.5 Å². The quantitative estimate of drug-likeness (QED) is 0.911. The molecule has 2 aromatic rings. The predicted octanol–water partition coefficient (Wildman–Crippen LogP) is 1.58. The molecule has 1 aromatic carbocycles. The summed E-state index contributed by atoms with van der Waals surface area (Å²) < 4.78 is 31.2. The lowest BCUT2D eigenvalue weighted by Crippen LogP contribution is -2.26. The molecule has 1 atom stereocenters. The van der Waals surface area contributed by atoms with Crippen LogP contribution in [0.2, 0.25) is 0 Å². The summed E-state index contributed by atoms with van der Waals surface area (Å²) in [6.45, 7) is 0.538. The van der Waals surface area contributed by atoms with Crippen LogP contribution in [0.3, 0.4) is 0 Å². The lowest BCUT2D eigenvalue weighted by Gasteiger charge is -2.12. The third-order valence-corrected chi connectivity index (χ3v) is 2.44. The van der Waals surface area contributed by atoms with Gasteiger partial charge in [-0.3, -0.25) is 0 Å². The average Bonchev–Trinajstić information content (AvgIpc) is 2.75. The minimum Gasteiger partial charge on any atom is -0.334 e. The topological polar surface area (TPSA) is 68.2 Å². The molecule has 102 valence electrons. The number of benzene rings is 1. The van der Waals surface area contributed by atoms with Crippen LogP contribution >= 0.6 is 0 Å². The fourth-order valence-corrected chi connectivity index (χ4v) is 1.66. The van der Waals surface area contributed by atoms with Gasteiger partial charge in [-0.05, 0) is 26.2 Å². The van der Waals surface area contributed by atoms with Crippen LogP contribution in [-0.2, 0) is 0 Å². The number of likely N-dealkylation sites (N-methyl/N-ethyl adjacent to an activating group) is 1. The molecule has 0 aliphatic carbocycles. The van der Waals surface area contributed by atoms with E-state index < -0.39 is 17.7 Å².